The van der Waals surface area contributed by atoms with Crippen molar-refractivity contribution in [3.63, 3.8) is 0 Å². The monoisotopic (exact) mass is 367 g/mol. The van der Waals surface area contributed by atoms with E-state index in [1.54, 1.807) is 11.3 Å². The van der Waals surface area contributed by atoms with Gasteiger partial charge in [-0.25, -0.2) is 4.98 Å². The summed E-state index contributed by atoms with van der Waals surface area (Å²) in [6, 6.07) is 1.17. The third kappa shape index (κ3) is 8.19. The Labute approximate surface area is 158 Å². The van der Waals surface area contributed by atoms with Gasteiger partial charge in [-0.15, -0.1) is 11.3 Å². The van der Waals surface area contributed by atoms with Crippen molar-refractivity contribution >= 4 is 17.3 Å². The highest BCUT2D eigenvalue weighted by atomic mass is 32.1. The summed E-state index contributed by atoms with van der Waals surface area (Å²) in [5.74, 6) is 0.919. The lowest BCUT2D eigenvalue weighted by atomic mass is 10.2. The molecule has 1 aromatic heterocycles. The van der Waals surface area contributed by atoms with Crippen LogP contribution in [0.3, 0.4) is 0 Å². The number of aryl methyl sites for hydroxylation is 2. The van der Waals surface area contributed by atoms with Gasteiger partial charge in [-0.2, -0.15) is 0 Å². The molecule has 25 heavy (non-hydrogen) atoms. The molecular formula is C19H37N5S. The zero-order valence-corrected chi connectivity index (χ0v) is 18.0. The van der Waals surface area contributed by atoms with Crippen LogP contribution in [0.4, 0.5) is 0 Å². The highest BCUT2D eigenvalue weighted by Crippen LogP contribution is 2.17. The van der Waals surface area contributed by atoms with E-state index in [9.17, 15) is 0 Å². The van der Waals surface area contributed by atoms with Gasteiger partial charge in [0.25, 0.3) is 0 Å². The Morgan fingerprint density at radius 2 is 1.84 bits per heavy atom. The second-order valence-electron chi connectivity index (χ2n) is 6.96. The van der Waals surface area contributed by atoms with Gasteiger partial charge < -0.3 is 10.6 Å². The number of hydrogen-bond acceptors (Lipinski definition) is 4. The molecule has 6 heteroatoms. The van der Waals surface area contributed by atoms with E-state index >= 15 is 0 Å². The van der Waals surface area contributed by atoms with Gasteiger partial charge in [0.15, 0.2) is 5.96 Å². The van der Waals surface area contributed by atoms with E-state index in [1.165, 1.54) is 4.88 Å². The minimum absolute atomic E-state index is 0.585. The third-order valence-electron chi connectivity index (χ3n) is 4.16. The van der Waals surface area contributed by atoms with E-state index in [0.29, 0.717) is 12.1 Å². The van der Waals surface area contributed by atoms with Crippen LogP contribution >= 0.6 is 11.3 Å². The number of rotatable bonds is 10. The lowest BCUT2D eigenvalue weighted by Gasteiger charge is -2.30. The molecule has 144 valence electrons. The molecule has 0 atom stereocenters. The molecular weight excluding hydrogens is 330 g/mol. The number of guanidine groups is 1. The van der Waals surface area contributed by atoms with Gasteiger partial charge in [0.1, 0.15) is 0 Å². The van der Waals surface area contributed by atoms with Crippen LogP contribution < -0.4 is 10.6 Å². The molecule has 1 heterocycles. The number of nitrogens with zero attached hydrogens (tertiary/aromatic N) is 3. The first kappa shape index (κ1) is 21.9. The van der Waals surface area contributed by atoms with Gasteiger partial charge in [-0.1, -0.05) is 0 Å². The van der Waals surface area contributed by atoms with Crippen LogP contribution in [0.15, 0.2) is 4.99 Å². The van der Waals surface area contributed by atoms with Gasteiger partial charge >= 0.3 is 0 Å². The Morgan fingerprint density at radius 3 is 2.36 bits per heavy atom. The van der Waals surface area contributed by atoms with Crippen molar-refractivity contribution in [1.29, 1.82) is 0 Å². The molecule has 0 amide bonds. The minimum atomic E-state index is 0.585. The normalized spacial score (nSPS) is 12.5. The van der Waals surface area contributed by atoms with E-state index < -0.39 is 0 Å². The quantitative estimate of drug-likeness (QED) is 0.378. The summed E-state index contributed by atoms with van der Waals surface area (Å²) in [4.78, 5) is 13.1. The molecule has 2 N–H and O–H groups in total. The molecule has 0 aliphatic carbocycles. The molecule has 0 fully saturated rings. The molecule has 0 radical (unpaired) electrons. The molecule has 0 bridgehead atoms. The maximum absolute atomic E-state index is 4.72. The van der Waals surface area contributed by atoms with Gasteiger partial charge in [-0.05, 0) is 54.9 Å². The number of aliphatic imine (C=N–C) groups is 1. The molecule has 1 rings (SSSR count). The average molecular weight is 368 g/mol. The SMILES string of the molecule is CCNC(=NCCCN(C(C)C)C(C)C)NCCc1sc(C)nc1C. The Bertz CT molecular complexity index is 514. The van der Waals surface area contributed by atoms with Crippen molar-refractivity contribution in [1.82, 2.24) is 20.5 Å². The van der Waals surface area contributed by atoms with Crippen LogP contribution in [0.1, 0.15) is 56.6 Å². The summed E-state index contributed by atoms with van der Waals surface area (Å²) in [6.45, 7) is 19.0. The lowest BCUT2D eigenvalue weighted by Crippen LogP contribution is -2.39. The van der Waals surface area contributed by atoms with E-state index in [0.717, 1.165) is 55.7 Å². The van der Waals surface area contributed by atoms with Gasteiger partial charge in [0.2, 0.25) is 0 Å². The van der Waals surface area contributed by atoms with Gasteiger partial charge in [0, 0.05) is 49.6 Å². The predicted octanol–water partition coefficient (Wildman–Crippen LogP) is 3.37. The first-order valence-electron chi connectivity index (χ1n) is 9.56. The van der Waals surface area contributed by atoms with Crippen LogP contribution in [-0.2, 0) is 6.42 Å². The average Bonchev–Trinajstić information content (AvgIpc) is 2.84. The molecule has 0 aliphatic heterocycles. The molecule has 0 saturated carbocycles. The molecule has 0 saturated heterocycles. The summed E-state index contributed by atoms with van der Waals surface area (Å²) in [5, 5.41) is 7.93. The maximum Gasteiger partial charge on any atom is 0.191 e. The van der Waals surface area contributed by atoms with Crippen molar-refractivity contribution < 1.29 is 0 Å². The van der Waals surface area contributed by atoms with E-state index in [4.69, 9.17) is 4.99 Å². The molecule has 0 unspecified atom stereocenters. The van der Waals surface area contributed by atoms with Crippen molar-refractivity contribution in [3.8, 4) is 0 Å². The summed E-state index contributed by atoms with van der Waals surface area (Å²) < 4.78 is 0. The Kier molecular flexibility index (Phi) is 10.0. The van der Waals surface area contributed by atoms with Crippen LogP contribution in [0.5, 0.6) is 0 Å². The van der Waals surface area contributed by atoms with E-state index in [2.05, 4.69) is 69.0 Å². The fraction of sp³-hybridized carbons (Fsp3) is 0.789. The molecule has 5 nitrogen and oxygen atoms in total. The Morgan fingerprint density at radius 1 is 1.16 bits per heavy atom. The number of hydrogen-bond donors (Lipinski definition) is 2. The smallest absolute Gasteiger partial charge is 0.191 e. The Balaban J connectivity index is 2.41. The maximum atomic E-state index is 4.72. The van der Waals surface area contributed by atoms with Crippen molar-refractivity contribution in [3.05, 3.63) is 15.6 Å². The summed E-state index contributed by atoms with van der Waals surface area (Å²) >= 11 is 1.79. The van der Waals surface area contributed by atoms with E-state index in [1.807, 2.05) is 0 Å². The standard InChI is InChI=1S/C19H37N5S/c1-8-20-19(21-11-9-13-24(14(2)3)15(4)5)22-12-10-18-16(6)23-17(7)25-18/h14-15H,8-13H2,1-7H3,(H2,20,21,22). The van der Waals surface area contributed by atoms with Crippen molar-refractivity contribution in [2.24, 2.45) is 4.99 Å². The zero-order valence-electron chi connectivity index (χ0n) is 17.1. The molecule has 0 spiro atoms. The third-order valence-corrected chi connectivity index (χ3v) is 5.29. The van der Waals surface area contributed by atoms with Crippen LogP contribution in [-0.4, -0.2) is 54.1 Å². The van der Waals surface area contributed by atoms with Crippen molar-refractivity contribution in [2.75, 3.05) is 26.2 Å². The predicted molar refractivity (Wildman–Crippen MR) is 111 cm³/mol. The largest absolute Gasteiger partial charge is 0.357 e. The van der Waals surface area contributed by atoms with Crippen LogP contribution in [0, 0.1) is 13.8 Å². The lowest BCUT2D eigenvalue weighted by molar-refractivity contribution is 0.174. The zero-order chi connectivity index (χ0) is 18.8. The summed E-state index contributed by atoms with van der Waals surface area (Å²) in [7, 11) is 0. The van der Waals surface area contributed by atoms with Crippen LogP contribution in [0.2, 0.25) is 0 Å². The number of aromatic nitrogens is 1. The first-order chi connectivity index (χ1) is 11.8. The molecule has 0 aromatic carbocycles. The van der Waals surface area contributed by atoms with Gasteiger partial charge in [-0.3, -0.25) is 9.89 Å². The van der Waals surface area contributed by atoms with E-state index in [-0.39, 0.29) is 0 Å². The Hall–Kier alpha value is -1.14. The fourth-order valence-electron chi connectivity index (χ4n) is 3.00. The highest BCUT2D eigenvalue weighted by Gasteiger charge is 2.12. The number of thiazole rings is 1. The highest BCUT2D eigenvalue weighted by molar-refractivity contribution is 7.11. The summed E-state index contributed by atoms with van der Waals surface area (Å²) in [5.41, 5.74) is 1.16. The second-order valence-corrected chi connectivity index (χ2v) is 8.25. The fourth-order valence-corrected chi connectivity index (χ4v) is 3.94. The molecule has 0 aliphatic rings. The van der Waals surface area contributed by atoms with Crippen LogP contribution in [0.25, 0.3) is 0 Å². The second kappa shape index (κ2) is 11.5. The summed E-state index contributed by atoms with van der Waals surface area (Å²) in [6.07, 6.45) is 2.08. The van der Waals surface area contributed by atoms with Gasteiger partial charge in [0.05, 0.1) is 10.7 Å². The minimum Gasteiger partial charge on any atom is -0.357 e. The topological polar surface area (TPSA) is 52.6 Å². The number of nitrogens with one attached hydrogen (secondary N) is 2. The van der Waals surface area contributed by atoms with Crippen molar-refractivity contribution in [2.45, 2.75) is 73.4 Å². The molecule has 1 aromatic rings. The first-order valence-corrected chi connectivity index (χ1v) is 10.4.